The Morgan fingerprint density at radius 1 is 1.17 bits per heavy atom. The molecule has 0 amide bonds. The molecule has 1 aromatic carbocycles. The molecule has 1 aromatic heterocycles. The highest BCUT2D eigenvalue weighted by Crippen LogP contribution is 2.25. The van der Waals surface area contributed by atoms with E-state index in [1.165, 1.54) is 0 Å². The van der Waals surface area contributed by atoms with E-state index in [0.29, 0.717) is 16.8 Å². The van der Waals surface area contributed by atoms with Crippen LogP contribution in [0.1, 0.15) is 24.4 Å². The van der Waals surface area contributed by atoms with Gasteiger partial charge in [-0.3, -0.25) is 0 Å². The third kappa shape index (κ3) is 3.12. The third-order valence-electron chi connectivity index (χ3n) is 2.54. The molecule has 2 rings (SSSR count). The average molecular weight is 282 g/mol. The Kier molecular flexibility index (Phi) is 4.04. The number of benzene rings is 1. The van der Waals surface area contributed by atoms with Crippen molar-refractivity contribution in [2.24, 2.45) is 0 Å². The van der Waals surface area contributed by atoms with Gasteiger partial charge in [0.05, 0.1) is 6.04 Å². The first kappa shape index (κ1) is 13.1. The number of nitrogens with one attached hydrogen (secondary N) is 1. The van der Waals surface area contributed by atoms with Crippen molar-refractivity contribution in [1.29, 1.82) is 0 Å². The first-order valence-electron chi connectivity index (χ1n) is 5.58. The van der Waals surface area contributed by atoms with Crippen molar-refractivity contribution < 1.29 is 0 Å². The van der Waals surface area contributed by atoms with Gasteiger partial charge in [0, 0.05) is 11.1 Å². The molecule has 0 aliphatic rings. The number of nitrogens with zero attached hydrogens (tertiary/aromatic N) is 2. The van der Waals surface area contributed by atoms with E-state index in [9.17, 15) is 0 Å². The number of hydrogen-bond acceptors (Lipinski definition) is 3. The zero-order chi connectivity index (χ0) is 13.1. The number of hydrogen-bond donors (Lipinski definition) is 1. The van der Waals surface area contributed by atoms with Crippen LogP contribution in [0.3, 0.4) is 0 Å². The molecule has 5 heteroatoms. The van der Waals surface area contributed by atoms with Crippen LogP contribution in [-0.4, -0.2) is 9.97 Å². The van der Waals surface area contributed by atoms with Gasteiger partial charge in [0.25, 0.3) is 0 Å². The fraction of sp³-hybridized carbons (Fsp3) is 0.231. The monoisotopic (exact) mass is 281 g/mol. The van der Waals surface area contributed by atoms with Gasteiger partial charge < -0.3 is 5.32 Å². The smallest absolute Gasteiger partial charge is 0.134 e. The molecule has 0 saturated heterocycles. The lowest BCUT2D eigenvalue weighted by Gasteiger charge is -2.16. The molecule has 0 radical (unpaired) electrons. The molecular formula is C13H13Cl2N3. The highest BCUT2D eigenvalue weighted by atomic mass is 35.5. The lowest BCUT2D eigenvalue weighted by atomic mass is 10.1. The number of aromatic nitrogens is 2. The summed E-state index contributed by atoms with van der Waals surface area (Å²) in [4.78, 5) is 8.30. The molecule has 1 unspecified atom stereocenters. The quantitative estimate of drug-likeness (QED) is 0.854. The van der Waals surface area contributed by atoms with E-state index in [1.54, 1.807) is 13.0 Å². The Morgan fingerprint density at radius 3 is 2.56 bits per heavy atom. The minimum atomic E-state index is 0.0454. The lowest BCUT2D eigenvalue weighted by molar-refractivity contribution is 0.867. The van der Waals surface area contributed by atoms with Crippen LogP contribution in [0.2, 0.25) is 10.2 Å². The molecule has 94 valence electrons. The van der Waals surface area contributed by atoms with Crippen molar-refractivity contribution in [3.63, 3.8) is 0 Å². The van der Waals surface area contributed by atoms with E-state index < -0.39 is 0 Å². The van der Waals surface area contributed by atoms with Crippen LogP contribution in [0, 0.1) is 6.92 Å². The van der Waals surface area contributed by atoms with Gasteiger partial charge in [0.2, 0.25) is 0 Å². The number of anilines is 1. The molecule has 0 bridgehead atoms. The van der Waals surface area contributed by atoms with E-state index in [2.05, 4.69) is 15.3 Å². The fourth-order valence-electron chi connectivity index (χ4n) is 1.73. The average Bonchev–Trinajstić information content (AvgIpc) is 2.27. The van der Waals surface area contributed by atoms with Crippen molar-refractivity contribution in [2.75, 3.05) is 5.32 Å². The molecule has 1 N–H and O–H groups in total. The first-order chi connectivity index (χ1) is 8.56. The second-order valence-corrected chi connectivity index (χ2v) is 4.81. The minimum Gasteiger partial charge on any atom is -0.363 e. The Morgan fingerprint density at radius 2 is 1.89 bits per heavy atom. The Hall–Kier alpha value is -1.32. The van der Waals surface area contributed by atoms with E-state index >= 15 is 0 Å². The summed E-state index contributed by atoms with van der Waals surface area (Å²) in [6, 6.07) is 9.45. The molecule has 2 aromatic rings. The largest absolute Gasteiger partial charge is 0.363 e. The standard InChI is InChI=1S/C13H13Cl2N3/c1-8(10-5-3-4-6-11(10)14)16-13-7-12(15)17-9(2)18-13/h3-8H,1-2H3,(H,16,17,18). The van der Waals surface area contributed by atoms with Gasteiger partial charge >= 0.3 is 0 Å². The van der Waals surface area contributed by atoms with E-state index in [0.717, 1.165) is 10.6 Å². The zero-order valence-corrected chi connectivity index (χ0v) is 11.6. The summed E-state index contributed by atoms with van der Waals surface area (Å²) < 4.78 is 0. The third-order valence-corrected chi connectivity index (χ3v) is 3.08. The van der Waals surface area contributed by atoms with Gasteiger partial charge in [-0.25, -0.2) is 9.97 Å². The van der Waals surface area contributed by atoms with Gasteiger partial charge in [-0.05, 0) is 25.5 Å². The minimum absolute atomic E-state index is 0.0454. The summed E-state index contributed by atoms with van der Waals surface area (Å²) in [6.07, 6.45) is 0. The summed E-state index contributed by atoms with van der Waals surface area (Å²) in [5.74, 6) is 1.33. The molecule has 1 atom stereocenters. The molecule has 18 heavy (non-hydrogen) atoms. The van der Waals surface area contributed by atoms with E-state index in [-0.39, 0.29) is 6.04 Å². The Balaban J connectivity index is 2.21. The van der Waals surface area contributed by atoms with Crippen LogP contribution in [0.5, 0.6) is 0 Å². The normalized spacial score (nSPS) is 12.2. The van der Waals surface area contributed by atoms with Gasteiger partial charge in [-0.2, -0.15) is 0 Å². The van der Waals surface area contributed by atoms with Crippen molar-refractivity contribution in [1.82, 2.24) is 9.97 Å². The number of halogens is 2. The molecule has 3 nitrogen and oxygen atoms in total. The van der Waals surface area contributed by atoms with Crippen LogP contribution in [-0.2, 0) is 0 Å². The highest BCUT2D eigenvalue weighted by Gasteiger charge is 2.10. The second kappa shape index (κ2) is 5.55. The highest BCUT2D eigenvalue weighted by molar-refractivity contribution is 6.31. The zero-order valence-electron chi connectivity index (χ0n) is 10.1. The van der Waals surface area contributed by atoms with Gasteiger partial charge in [0.15, 0.2) is 0 Å². The van der Waals surface area contributed by atoms with Gasteiger partial charge in [-0.15, -0.1) is 0 Å². The molecule has 0 aliphatic carbocycles. The Bertz CT molecular complexity index is 537. The van der Waals surface area contributed by atoms with Crippen LogP contribution >= 0.6 is 23.2 Å². The van der Waals surface area contributed by atoms with Crippen LogP contribution in [0.15, 0.2) is 30.3 Å². The summed E-state index contributed by atoms with van der Waals surface area (Å²) in [7, 11) is 0. The van der Waals surface area contributed by atoms with Crippen molar-refractivity contribution in [3.05, 3.63) is 51.9 Å². The topological polar surface area (TPSA) is 37.8 Å². The predicted molar refractivity (Wildman–Crippen MR) is 75.3 cm³/mol. The molecular weight excluding hydrogens is 269 g/mol. The van der Waals surface area contributed by atoms with Crippen LogP contribution in [0.4, 0.5) is 5.82 Å². The van der Waals surface area contributed by atoms with Gasteiger partial charge in [-0.1, -0.05) is 41.4 Å². The molecule has 1 heterocycles. The van der Waals surface area contributed by atoms with E-state index in [4.69, 9.17) is 23.2 Å². The van der Waals surface area contributed by atoms with Gasteiger partial charge in [0.1, 0.15) is 16.8 Å². The molecule has 0 fully saturated rings. The summed E-state index contributed by atoms with van der Waals surface area (Å²) in [6.45, 7) is 3.82. The molecule has 0 spiro atoms. The second-order valence-electron chi connectivity index (χ2n) is 4.01. The Labute approximate surface area is 116 Å². The number of aryl methyl sites for hydroxylation is 1. The number of rotatable bonds is 3. The van der Waals surface area contributed by atoms with E-state index in [1.807, 2.05) is 31.2 Å². The molecule has 0 aliphatic heterocycles. The van der Waals surface area contributed by atoms with Crippen molar-refractivity contribution in [3.8, 4) is 0 Å². The maximum Gasteiger partial charge on any atom is 0.134 e. The fourth-order valence-corrected chi connectivity index (χ4v) is 2.26. The SMILES string of the molecule is Cc1nc(Cl)cc(NC(C)c2ccccc2Cl)n1. The van der Waals surface area contributed by atoms with Crippen molar-refractivity contribution in [2.45, 2.75) is 19.9 Å². The van der Waals surface area contributed by atoms with Crippen LogP contribution in [0.25, 0.3) is 0 Å². The first-order valence-corrected chi connectivity index (χ1v) is 6.34. The summed E-state index contributed by atoms with van der Waals surface area (Å²) >= 11 is 12.0. The maximum absolute atomic E-state index is 6.15. The summed E-state index contributed by atoms with van der Waals surface area (Å²) in [5.41, 5.74) is 1.02. The summed E-state index contributed by atoms with van der Waals surface area (Å²) in [5, 5.41) is 4.42. The lowest BCUT2D eigenvalue weighted by Crippen LogP contribution is -2.09. The predicted octanol–water partition coefficient (Wildman–Crippen LogP) is 4.26. The van der Waals surface area contributed by atoms with Crippen LogP contribution < -0.4 is 5.32 Å². The van der Waals surface area contributed by atoms with Crippen molar-refractivity contribution >= 4 is 29.0 Å². The maximum atomic E-state index is 6.15. The molecule has 0 saturated carbocycles.